The fourth-order valence-electron chi connectivity index (χ4n) is 3.52. The van der Waals surface area contributed by atoms with Crippen LogP contribution in [0.5, 0.6) is 0 Å². The van der Waals surface area contributed by atoms with Gasteiger partial charge in [-0.1, -0.05) is 0 Å². The molecule has 2 aromatic heterocycles. The molecule has 2 saturated heterocycles. The Kier molecular flexibility index (Phi) is 7.78. The number of anilines is 1. The van der Waals surface area contributed by atoms with Gasteiger partial charge in [0, 0.05) is 0 Å². The van der Waals surface area contributed by atoms with Crippen molar-refractivity contribution in [2.75, 3.05) is 18.9 Å². The number of rotatable bonds is 9. The molecule has 2 aliphatic rings. The lowest BCUT2D eigenvalue weighted by molar-refractivity contribution is -0.247. The van der Waals surface area contributed by atoms with Gasteiger partial charge in [-0.25, -0.2) is 19.3 Å². The number of phosphoric ester groups is 2. The molecule has 4 heterocycles. The number of ether oxygens (including phenoxy) is 2. The molecular formula is C15H21N5O14P2-2. The lowest BCUT2D eigenvalue weighted by atomic mass is 10.1. The Balaban J connectivity index is 1.34. The van der Waals surface area contributed by atoms with Gasteiger partial charge in [0.1, 0.15) is 48.5 Å². The van der Waals surface area contributed by atoms with E-state index in [9.17, 15) is 44.4 Å². The fourth-order valence-corrected chi connectivity index (χ4v) is 5.53. The van der Waals surface area contributed by atoms with Crippen LogP contribution in [-0.4, -0.2) is 101 Å². The first-order chi connectivity index (χ1) is 16.8. The molecule has 0 radical (unpaired) electrons. The maximum Gasteiger partial charge on any atom is 0.274 e. The highest BCUT2D eigenvalue weighted by molar-refractivity contribution is 7.59. The Hall–Kier alpha value is -1.67. The van der Waals surface area contributed by atoms with Gasteiger partial charge in [-0.2, -0.15) is 0 Å². The van der Waals surface area contributed by atoms with Crippen LogP contribution in [0.25, 0.3) is 11.2 Å². The number of nitrogens with zero attached hydrogens (tertiary/aromatic N) is 4. The summed E-state index contributed by atoms with van der Waals surface area (Å²) >= 11 is 0. The number of fused-ring (bicyclic) bond motifs is 1. The Labute approximate surface area is 200 Å². The minimum atomic E-state index is -5.62. The van der Waals surface area contributed by atoms with Gasteiger partial charge in [0.2, 0.25) is 0 Å². The number of nitrogens with two attached hydrogens (primary N) is 1. The van der Waals surface area contributed by atoms with E-state index in [1.807, 2.05) is 0 Å². The molecule has 19 nitrogen and oxygen atoms in total. The van der Waals surface area contributed by atoms with Gasteiger partial charge in [0.25, 0.3) is 15.6 Å². The van der Waals surface area contributed by atoms with E-state index < -0.39 is 78.0 Å². The number of phosphoric acid groups is 2. The molecule has 2 aliphatic heterocycles. The largest absolute Gasteiger partial charge is 0.756 e. The normalized spacial score (nSPS) is 36.2. The SMILES string of the molecule is Nc1ncnc2c1ncn2[C@@H]1O[C@H](COP(=O)([O-])OP(=O)([O-])OC[C@H]2OC(O)[C@H](O)[C@@H]2O)[C@@H](O)[C@H]1O. The number of aliphatic hydroxyl groups is 5. The Morgan fingerprint density at radius 3 is 2.08 bits per heavy atom. The summed E-state index contributed by atoms with van der Waals surface area (Å²) in [6.07, 6.45) is -10.5. The molecule has 3 unspecified atom stereocenters. The average Bonchev–Trinajstić information content (AvgIpc) is 3.42. The van der Waals surface area contributed by atoms with Crippen LogP contribution >= 0.6 is 15.6 Å². The fraction of sp³-hybridized carbons (Fsp3) is 0.667. The molecule has 4 rings (SSSR count). The van der Waals surface area contributed by atoms with Crippen molar-refractivity contribution >= 4 is 32.6 Å². The molecule has 10 atom stereocenters. The number of imidazole rings is 1. The molecule has 2 fully saturated rings. The molecule has 0 spiro atoms. The van der Waals surface area contributed by atoms with E-state index in [-0.39, 0.29) is 17.0 Å². The van der Waals surface area contributed by atoms with Crippen LogP contribution in [0.15, 0.2) is 12.7 Å². The Morgan fingerprint density at radius 1 is 0.917 bits per heavy atom. The van der Waals surface area contributed by atoms with Gasteiger partial charge < -0.3 is 59.6 Å². The third kappa shape index (κ3) is 5.59. The lowest BCUT2D eigenvalue weighted by Crippen LogP contribution is -2.34. The van der Waals surface area contributed by atoms with E-state index in [0.717, 1.165) is 6.33 Å². The molecule has 2 aromatic rings. The molecule has 36 heavy (non-hydrogen) atoms. The van der Waals surface area contributed by atoms with Gasteiger partial charge in [-0.15, -0.1) is 0 Å². The van der Waals surface area contributed by atoms with Gasteiger partial charge in [-0.3, -0.25) is 13.7 Å². The van der Waals surface area contributed by atoms with Crippen molar-refractivity contribution < 1.29 is 67.3 Å². The second-order valence-corrected chi connectivity index (χ2v) is 10.7. The van der Waals surface area contributed by atoms with Crippen LogP contribution in [0.2, 0.25) is 0 Å². The molecule has 0 aliphatic carbocycles. The average molecular weight is 557 g/mol. The van der Waals surface area contributed by atoms with Crippen LogP contribution in [-0.2, 0) is 32.0 Å². The highest BCUT2D eigenvalue weighted by Crippen LogP contribution is 2.56. The van der Waals surface area contributed by atoms with E-state index in [1.54, 1.807) is 0 Å². The zero-order valence-corrected chi connectivity index (χ0v) is 19.6. The number of nitrogen functional groups attached to an aromatic ring is 1. The number of hydrogen-bond acceptors (Lipinski definition) is 18. The molecule has 202 valence electrons. The third-order valence-electron chi connectivity index (χ3n) is 5.33. The first kappa shape index (κ1) is 27.4. The molecule has 0 aromatic carbocycles. The number of aromatic nitrogens is 4. The van der Waals surface area contributed by atoms with Crippen molar-refractivity contribution in [1.82, 2.24) is 19.5 Å². The van der Waals surface area contributed by atoms with Crippen molar-refractivity contribution in [3.05, 3.63) is 12.7 Å². The summed E-state index contributed by atoms with van der Waals surface area (Å²) in [5.41, 5.74) is 6.04. The van der Waals surface area contributed by atoms with Crippen LogP contribution in [0.3, 0.4) is 0 Å². The van der Waals surface area contributed by atoms with Crippen LogP contribution in [0, 0.1) is 0 Å². The zero-order chi connectivity index (χ0) is 26.4. The molecule has 21 heteroatoms. The summed E-state index contributed by atoms with van der Waals surface area (Å²) in [4.78, 5) is 35.6. The molecule has 7 N–H and O–H groups in total. The highest BCUT2D eigenvalue weighted by atomic mass is 31.3. The predicted molar refractivity (Wildman–Crippen MR) is 107 cm³/mol. The lowest BCUT2D eigenvalue weighted by Gasteiger charge is -2.31. The highest BCUT2D eigenvalue weighted by Gasteiger charge is 2.45. The second kappa shape index (κ2) is 10.2. The van der Waals surface area contributed by atoms with Crippen molar-refractivity contribution in [3.8, 4) is 0 Å². The molecule has 0 amide bonds. The minimum Gasteiger partial charge on any atom is -0.756 e. The topological polar surface area (TPSA) is 297 Å². The van der Waals surface area contributed by atoms with E-state index in [1.165, 1.54) is 10.9 Å². The van der Waals surface area contributed by atoms with Gasteiger partial charge in [0.15, 0.2) is 24.0 Å². The maximum atomic E-state index is 12.0. The summed E-state index contributed by atoms with van der Waals surface area (Å²) in [6, 6.07) is 0. The van der Waals surface area contributed by atoms with Gasteiger partial charge in [-0.05, 0) is 0 Å². The Morgan fingerprint density at radius 2 is 1.50 bits per heavy atom. The number of aliphatic hydroxyl groups excluding tert-OH is 5. The van der Waals surface area contributed by atoms with E-state index in [4.69, 9.17) is 10.5 Å². The quantitative estimate of drug-likeness (QED) is 0.158. The summed E-state index contributed by atoms with van der Waals surface area (Å²) in [5, 5.41) is 48.9. The van der Waals surface area contributed by atoms with Crippen LogP contribution in [0.1, 0.15) is 6.23 Å². The Bertz CT molecular complexity index is 1180. The summed E-state index contributed by atoms with van der Waals surface area (Å²) < 4.78 is 47.9. The van der Waals surface area contributed by atoms with E-state index >= 15 is 0 Å². The van der Waals surface area contributed by atoms with Gasteiger partial charge >= 0.3 is 0 Å². The maximum absolute atomic E-state index is 12.0. The second-order valence-electron chi connectivity index (χ2n) is 7.74. The van der Waals surface area contributed by atoms with Crippen LogP contribution in [0.4, 0.5) is 5.82 Å². The van der Waals surface area contributed by atoms with Crippen molar-refractivity contribution in [1.29, 1.82) is 0 Å². The first-order valence-corrected chi connectivity index (χ1v) is 13.0. The van der Waals surface area contributed by atoms with Crippen molar-refractivity contribution in [3.63, 3.8) is 0 Å². The standard InChI is InChI=1S/C15H23N5O14P2/c16-12-7-13(18-3-17-12)20(4-19-7)14-10(23)8(21)5(32-14)1-30-35(26,27)34-36(28,29)31-2-6-9(22)11(24)15(25)33-6/h3-6,8-11,14-15,21-25H,1-2H2,(H,26,27)(H,28,29)(H2,16,17,18)/p-2/t5-,6-,8-,9-,10-,11-,14-,15?/m1/s1. The zero-order valence-electron chi connectivity index (χ0n) is 17.9. The van der Waals surface area contributed by atoms with Crippen molar-refractivity contribution in [2.24, 2.45) is 0 Å². The van der Waals surface area contributed by atoms with Crippen LogP contribution < -0.4 is 15.5 Å². The number of hydrogen-bond donors (Lipinski definition) is 6. The van der Waals surface area contributed by atoms with E-state index in [0.29, 0.717) is 0 Å². The smallest absolute Gasteiger partial charge is 0.274 e. The van der Waals surface area contributed by atoms with E-state index in [2.05, 4.69) is 33.0 Å². The summed E-state index contributed by atoms with van der Waals surface area (Å²) in [5.74, 6) is 0.0433. The first-order valence-electron chi connectivity index (χ1n) is 10.1. The predicted octanol–water partition coefficient (Wildman–Crippen LogP) is -4.55. The molecular weight excluding hydrogens is 536 g/mol. The van der Waals surface area contributed by atoms with Gasteiger partial charge in [0.05, 0.1) is 19.5 Å². The minimum absolute atomic E-state index is 0.0433. The summed E-state index contributed by atoms with van der Waals surface area (Å²) in [7, 11) is -11.2. The molecule has 0 bridgehead atoms. The monoisotopic (exact) mass is 557 g/mol. The van der Waals surface area contributed by atoms with Crippen molar-refractivity contribution in [2.45, 2.75) is 49.1 Å². The summed E-state index contributed by atoms with van der Waals surface area (Å²) in [6.45, 7) is -1.97. The third-order valence-corrected chi connectivity index (χ3v) is 7.86. The molecule has 0 saturated carbocycles.